The molecule has 0 aliphatic rings. The van der Waals surface area contributed by atoms with Gasteiger partial charge >= 0.3 is 0 Å². The van der Waals surface area contributed by atoms with Gasteiger partial charge in [0.1, 0.15) is 11.2 Å². The number of carbonyl (C=O) groups is 1. The molecule has 0 bridgehead atoms. The summed E-state index contributed by atoms with van der Waals surface area (Å²) < 4.78 is 6.80. The maximum atomic E-state index is 12.2. The smallest absolute Gasteiger partial charge is 0.270 e. The number of hydrogen-bond donors (Lipinski definition) is 1. The van der Waals surface area contributed by atoms with Crippen LogP contribution in [0.15, 0.2) is 35.4 Å². The second-order valence-electron chi connectivity index (χ2n) is 5.48. The minimum atomic E-state index is -0.403. The first-order valence-electron chi connectivity index (χ1n) is 7.42. The molecule has 0 aliphatic carbocycles. The summed E-state index contributed by atoms with van der Waals surface area (Å²) in [7, 11) is 0. The molecule has 1 N–H and O–H groups in total. The van der Waals surface area contributed by atoms with Gasteiger partial charge in [-0.2, -0.15) is 0 Å². The van der Waals surface area contributed by atoms with E-state index in [9.17, 15) is 9.59 Å². The molecule has 2 heterocycles. The molecule has 0 fully saturated rings. The van der Waals surface area contributed by atoms with E-state index in [0.717, 1.165) is 0 Å². The van der Waals surface area contributed by atoms with Gasteiger partial charge in [0.15, 0.2) is 0 Å². The summed E-state index contributed by atoms with van der Waals surface area (Å²) in [5.74, 6) is 0.0953. The van der Waals surface area contributed by atoms with Crippen LogP contribution >= 0.6 is 0 Å². The highest BCUT2D eigenvalue weighted by molar-refractivity contribution is 5.93. The molecular formula is C16H21N3O3. The summed E-state index contributed by atoms with van der Waals surface area (Å²) in [6.07, 6.45) is 3.63. The second kappa shape index (κ2) is 7.70. The third kappa shape index (κ3) is 4.14. The van der Waals surface area contributed by atoms with Crippen molar-refractivity contribution in [3.8, 4) is 0 Å². The largest absolute Gasteiger partial charge is 0.381 e. The maximum Gasteiger partial charge on any atom is 0.270 e. The number of nitrogens with zero attached hydrogens (tertiary/aromatic N) is 2. The lowest BCUT2D eigenvalue weighted by Crippen LogP contribution is -2.32. The molecule has 2 rings (SSSR count). The predicted molar refractivity (Wildman–Crippen MR) is 84.1 cm³/mol. The minimum absolute atomic E-state index is 0.0480. The molecule has 2 aromatic rings. The molecule has 6 heteroatoms. The van der Waals surface area contributed by atoms with Crippen LogP contribution in [0.2, 0.25) is 0 Å². The SMILES string of the molecule is CC(C)COCCCNC(=O)c1cnc2ccccn2c1=O. The standard InChI is InChI=1S/C16H21N3O3/c1-12(2)11-22-9-5-7-17-15(20)13-10-18-14-6-3-4-8-19(14)16(13)21/h3-4,6,8,10,12H,5,7,9,11H2,1-2H3,(H,17,20). The number of pyridine rings is 1. The van der Waals surface area contributed by atoms with E-state index >= 15 is 0 Å². The maximum absolute atomic E-state index is 12.2. The summed E-state index contributed by atoms with van der Waals surface area (Å²) >= 11 is 0. The summed E-state index contributed by atoms with van der Waals surface area (Å²) in [4.78, 5) is 28.4. The van der Waals surface area contributed by atoms with Crippen molar-refractivity contribution in [2.75, 3.05) is 19.8 Å². The van der Waals surface area contributed by atoms with Crippen LogP contribution in [0.5, 0.6) is 0 Å². The van der Waals surface area contributed by atoms with Gasteiger partial charge in [-0.05, 0) is 24.5 Å². The average molecular weight is 303 g/mol. The lowest BCUT2D eigenvalue weighted by molar-refractivity contribution is 0.0923. The van der Waals surface area contributed by atoms with Crippen molar-refractivity contribution < 1.29 is 9.53 Å². The highest BCUT2D eigenvalue weighted by Crippen LogP contribution is 1.98. The summed E-state index contributed by atoms with van der Waals surface area (Å²) in [6, 6.07) is 5.23. The van der Waals surface area contributed by atoms with Crippen LogP contribution in [-0.2, 0) is 4.74 Å². The minimum Gasteiger partial charge on any atom is -0.381 e. The first-order chi connectivity index (χ1) is 10.6. The Morgan fingerprint density at radius 2 is 2.23 bits per heavy atom. The van der Waals surface area contributed by atoms with Gasteiger partial charge < -0.3 is 10.1 Å². The van der Waals surface area contributed by atoms with Gasteiger partial charge in [0, 0.05) is 32.2 Å². The molecule has 0 unspecified atom stereocenters. The van der Waals surface area contributed by atoms with Crippen LogP contribution in [0.25, 0.3) is 5.65 Å². The first-order valence-corrected chi connectivity index (χ1v) is 7.42. The van der Waals surface area contributed by atoms with Gasteiger partial charge in [-0.1, -0.05) is 19.9 Å². The van der Waals surface area contributed by atoms with Crippen molar-refractivity contribution >= 4 is 11.6 Å². The number of hydrogen-bond acceptors (Lipinski definition) is 4. The van der Waals surface area contributed by atoms with Gasteiger partial charge in [-0.25, -0.2) is 4.98 Å². The molecule has 22 heavy (non-hydrogen) atoms. The van der Waals surface area contributed by atoms with E-state index in [1.807, 2.05) is 0 Å². The van der Waals surface area contributed by atoms with E-state index in [1.54, 1.807) is 24.4 Å². The number of amides is 1. The van der Waals surface area contributed by atoms with Crippen molar-refractivity contribution in [1.82, 2.24) is 14.7 Å². The Hall–Kier alpha value is -2.21. The number of aromatic nitrogens is 2. The van der Waals surface area contributed by atoms with Gasteiger partial charge in [0.05, 0.1) is 0 Å². The topological polar surface area (TPSA) is 72.7 Å². The quantitative estimate of drug-likeness (QED) is 0.787. The fraction of sp³-hybridized carbons (Fsp3) is 0.438. The Kier molecular flexibility index (Phi) is 5.66. The number of rotatable bonds is 7. The summed E-state index contributed by atoms with van der Waals surface area (Å²) in [5, 5.41) is 2.72. The normalized spacial score (nSPS) is 11.0. The van der Waals surface area contributed by atoms with Crippen LogP contribution in [0, 0.1) is 5.92 Å². The van der Waals surface area contributed by atoms with Crippen molar-refractivity contribution in [3.63, 3.8) is 0 Å². The van der Waals surface area contributed by atoms with Crippen LogP contribution in [0.4, 0.5) is 0 Å². The summed E-state index contributed by atoms with van der Waals surface area (Å²) in [6.45, 7) is 5.94. The average Bonchev–Trinajstić information content (AvgIpc) is 2.51. The highest BCUT2D eigenvalue weighted by Gasteiger charge is 2.12. The molecule has 0 saturated carbocycles. The zero-order valence-electron chi connectivity index (χ0n) is 12.9. The molecular weight excluding hydrogens is 282 g/mol. The van der Waals surface area contributed by atoms with Crippen molar-refractivity contribution in [2.45, 2.75) is 20.3 Å². The van der Waals surface area contributed by atoms with Crippen molar-refractivity contribution in [3.05, 3.63) is 46.5 Å². The lowest BCUT2D eigenvalue weighted by atomic mass is 10.2. The summed E-state index contributed by atoms with van der Waals surface area (Å²) in [5.41, 5.74) is 0.206. The van der Waals surface area contributed by atoms with Crippen LogP contribution in [-0.4, -0.2) is 35.1 Å². The van der Waals surface area contributed by atoms with E-state index in [0.29, 0.717) is 37.7 Å². The Bertz CT molecular complexity index is 694. The molecule has 1 amide bonds. The van der Waals surface area contributed by atoms with Gasteiger partial charge in [-0.15, -0.1) is 0 Å². The fourth-order valence-electron chi connectivity index (χ4n) is 1.97. The van der Waals surface area contributed by atoms with Crippen LogP contribution in [0.3, 0.4) is 0 Å². The lowest BCUT2D eigenvalue weighted by Gasteiger charge is -2.08. The molecule has 0 spiro atoms. The van der Waals surface area contributed by atoms with E-state index < -0.39 is 5.91 Å². The zero-order valence-corrected chi connectivity index (χ0v) is 12.9. The second-order valence-corrected chi connectivity index (χ2v) is 5.48. The zero-order chi connectivity index (χ0) is 15.9. The molecule has 0 aliphatic heterocycles. The van der Waals surface area contributed by atoms with Crippen LogP contribution < -0.4 is 10.9 Å². The van der Waals surface area contributed by atoms with E-state index in [1.165, 1.54) is 10.6 Å². The molecule has 0 radical (unpaired) electrons. The molecule has 118 valence electrons. The van der Waals surface area contributed by atoms with Gasteiger partial charge in [0.2, 0.25) is 0 Å². The fourth-order valence-corrected chi connectivity index (χ4v) is 1.97. The predicted octanol–water partition coefficient (Wildman–Crippen LogP) is 1.49. The molecule has 6 nitrogen and oxygen atoms in total. The Labute approximate surface area is 129 Å². The number of ether oxygens (including phenoxy) is 1. The Morgan fingerprint density at radius 3 is 3.00 bits per heavy atom. The molecule has 0 atom stereocenters. The van der Waals surface area contributed by atoms with Crippen molar-refractivity contribution in [2.24, 2.45) is 5.92 Å². The van der Waals surface area contributed by atoms with E-state index in [4.69, 9.17) is 4.74 Å². The number of carbonyl (C=O) groups excluding carboxylic acids is 1. The van der Waals surface area contributed by atoms with E-state index in [2.05, 4.69) is 24.1 Å². The number of nitrogens with one attached hydrogen (secondary N) is 1. The molecule has 2 aromatic heterocycles. The van der Waals surface area contributed by atoms with Gasteiger partial charge in [0.25, 0.3) is 11.5 Å². The van der Waals surface area contributed by atoms with Crippen LogP contribution in [0.1, 0.15) is 30.6 Å². The first kappa shape index (κ1) is 16.2. The molecule has 0 aromatic carbocycles. The third-order valence-electron chi connectivity index (χ3n) is 3.06. The van der Waals surface area contributed by atoms with E-state index in [-0.39, 0.29) is 11.1 Å². The Morgan fingerprint density at radius 1 is 1.41 bits per heavy atom. The third-order valence-corrected chi connectivity index (χ3v) is 3.06. The number of fused-ring (bicyclic) bond motifs is 1. The highest BCUT2D eigenvalue weighted by atomic mass is 16.5. The van der Waals surface area contributed by atoms with Crippen molar-refractivity contribution in [1.29, 1.82) is 0 Å². The van der Waals surface area contributed by atoms with Gasteiger partial charge in [-0.3, -0.25) is 14.0 Å². The monoisotopic (exact) mass is 303 g/mol. The Balaban J connectivity index is 1.90. The molecule has 0 saturated heterocycles.